The topological polar surface area (TPSA) is 74.5 Å². The predicted octanol–water partition coefficient (Wildman–Crippen LogP) is 3.06. The lowest BCUT2D eigenvalue weighted by atomic mass is 10.2. The fourth-order valence-electron chi connectivity index (χ4n) is 3.03. The zero-order chi connectivity index (χ0) is 16.5. The van der Waals surface area contributed by atoms with Gasteiger partial charge in [-0.1, -0.05) is 5.16 Å². The summed E-state index contributed by atoms with van der Waals surface area (Å²) in [6, 6.07) is -0.0656. The predicted molar refractivity (Wildman–Crippen MR) is 92.8 cm³/mol. The largest absolute Gasteiger partial charge is 0.359 e. The van der Waals surface area contributed by atoms with Crippen molar-refractivity contribution in [2.24, 2.45) is 0 Å². The van der Waals surface area contributed by atoms with Crippen molar-refractivity contribution in [3.63, 3.8) is 0 Å². The third-order valence-electron chi connectivity index (χ3n) is 4.54. The number of carbonyl (C=O) groups is 1. The normalized spacial score (nSPS) is 18.5. The molecule has 128 valence electrons. The van der Waals surface area contributed by atoms with E-state index in [1.165, 1.54) is 0 Å². The number of aromatic nitrogens is 2. The first kappa shape index (κ1) is 15.4. The molecular weight excluding hydrogens is 326 g/mol. The molecule has 2 amide bonds. The Labute approximate surface area is 144 Å². The van der Waals surface area contributed by atoms with Gasteiger partial charge in [-0.15, -0.1) is 11.3 Å². The minimum atomic E-state index is -0.0656. The molecule has 1 aliphatic heterocycles. The van der Waals surface area contributed by atoms with Gasteiger partial charge in [-0.25, -0.2) is 9.78 Å². The number of carbonyl (C=O) groups excluding carboxylic acids is 1. The number of aryl methyl sites for hydroxylation is 1. The second-order valence-electron chi connectivity index (χ2n) is 6.35. The summed E-state index contributed by atoms with van der Waals surface area (Å²) in [5.41, 5.74) is 1.52. The number of thiazole rings is 1. The van der Waals surface area contributed by atoms with Gasteiger partial charge in [0, 0.05) is 43.7 Å². The van der Waals surface area contributed by atoms with Crippen molar-refractivity contribution >= 4 is 28.2 Å². The van der Waals surface area contributed by atoms with Crippen molar-refractivity contribution < 1.29 is 9.32 Å². The fraction of sp³-hybridized carbons (Fsp3) is 0.562. The number of hydrogen-bond acceptors (Lipinski definition) is 6. The van der Waals surface area contributed by atoms with E-state index in [1.807, 2.05) is 23.4 Å². The summed E-state index contributed by atoms with van der Waals surface area (Å²) in [5.74, 6) is 1.26. The molecular formula is C16H21N5O2S. The third-order valence-corrected chi connectivity index (χ3v) is 5.37. The van der Waals surface area contributed by atoms with Gasteiger partial charge in [-0.3, -0.25) is 0 Å². The van der Waals surface area contributed by atoms with Crippen molar-refractivity contribution in [3.05, 3.63) is 23.0 Å². The first-order valence-corrected chi connectivity index (χ1v) is 9.27. The molecule has 1 saturated heterocycles. The first-order chi connectivity index (χ1) is 11.7. The van der Waals surface area contributed by atoms with Crippen molar-refractivity contribution in [3.8, 4) is 0 Å². The van der Waals surface area contributed by atoms with Gasteiger partial charge in [0.25, 0.3) is 0 Å². The molecule has 2 aromatic heterocycles. The molecule has 1 N–H and O–H groups in total. The Morgan fingerprint density at radius 3 is 2.96 bits per heavy atom. The average molecular weight is 347 g/mol. The second-order valence-corrected chi connectivity index (χ2v) is 7.23. The van der Waals surface area contributed by atoms with E-state index in [2.05, 4.69) is 20.4 Å². The molecule has 0 atom stereocenters. The number of nitrogens with one attached hydrogen (secondary N) is 1. The summed E-state index contributed by atoms with van der Waals surface area (Å²) in [5, 5.41) is 10.1. The molecule has 3 heterocycles. The van der Waals surface area contributed by atoms with E-state index in [0.29, 0.717) is 12.5 Å². The number of anilines is 2. The van der Waals surface area contributed by atoms with Crippen LogP contribution in [0.25, 0.3) is 0 Å². The van der Waals surface area contributed by atoms with E-state index in [9.17, 15) is 4.79 Å². The van der Waals surface area contributed by atoms with Gasteiger partial charge in [0.15, 0.2) is 10.9 Å². The van der Waals surface area contributed by atoms with Crippen LogP contribution in [0.2, 0.25) is 0 Å². The van der Waals surface area contributed by atoms with Crippen molar-refractivity contribution in [1.82, 2.24) is 15.0 Å². The highest BCUT2D eigenvalue weighted by atomic mass is 32.1. The first-order valence-electron chi connectivity index (χ1n) is 8.39. The molecule has 0 aromatic carbocycles. The smallest absolute Gasteiger partial charge is 0.322 e. The fourth-order valence-corrected chi connectivity index (χ4v) is 3.73. The van der Waals surface area contributed by atoms with Crippen molar-refractivity contribution in [2.45, 2.75) is 32.1 Å². The van der Waals surface area contributed by atoms with Crippen molar-refractivity contribution in [2.75, 3.05) is 36.4 Å². The molecule has 4 rings (SSSR count). The van der Waals surface area contributed by atoms with Gasteiger partial charge < -0.3 is 19.6 Å². The molecule has 0 unspecified atom stereocenters. The van der Waals surface area contributed by atoms with Gasteiger partial charge in [0.05, 0.1) is 0 Å². The van der Waals surface area contributed by atoms with Crippen LogP contribution < -0.4 is 10.2 Å². The molecule has 2 aliphatic rings. The number of nitrogens with zero attached hydrogens (tertiary/aromatic N) is 4. The molecule has 7 nitrogen and oxygen atoms in total. The maximum atomic E-state index is 12.7. The van der Waals surface area contributed by atoms with Crippen LogP contribution in [-0.4, -0.2) is 47.3 Å². The van der Waals surface area contributed by atoms with Crippen LogP contribution in [0.3, 0.4) is 0 Å². The number of urea groups is 1. The Morgan fingerprint density at radius 1 is 1.33 bits per heavy atom. The lowest BCUT2D eigenvalue weighted by Gasteiger charge is -2.22. The molecule has 24 heavy (non-hydrogen) atoms. The van der Waals surface area contributed by atoms with Gasteiger partial charge in [-0.05, 0) is 26.2 Å². The third kappa shape index (κ3) is 3.10. The summed E-state index contributed by atoms with van der Waals surface area (Å²) < 4.78 is 5.40. The van der Waals surface area contributed by atoms with E-state index < -0.39 is 0 Å². The van der Waals surface area contributed by atoms with Gasteiger partial charge in [-0.2, -0.15) is 0 Å². The number of rotatable bonds is 3. The molecule has 1 aliphatic carbocycles. The Hall–Kier alpha value is -2.09. The van der Waals surface area contributed by atoms with Crippen LogP contribution in [0.5, 0.6) is 0 Å². The molecule has 0 spiro atoms. The lowest BCUT2D eigenvalue weighted by molar-refractivity contribution is 0.215. The van der Waals surface area contributed by atoms with Crippen LogP contribution in [0.4, 0.5) is 15.6 Å². The Bertz CT molecular complexity index is 710. The highest BCUT2D eigenvalue weighted by Gasteiger charge is 2.33. The van der Waals surface area contributed by atoms with Crippen molar-refractivity contribution in [1.29, 1.82) is 0 Å². The monoisotopic (exact) mass is 347 g/mol. The summed E-state index contributed by atoms with van der Waals surface area (Å²) in [6.45, 7) is 5.04. The Kier molecular flexibility index (Phi) is 4.13. The highest BCUT2D eigenvalue weighted by molar-refractivity contribution is 7.13. The quantitative estimate of drug-likeness (QED) is 0.923. The zero-order valence-electron chi connectivity index (χ0n) is 13.7. The maximum Gasteiger partial charge on any atom is 0.322 e. The Balaban J connectivity index is 1.41. The summed E-state index contributed by atoms with van der Waals surface area (Å²) >= 11 is 1.64. The van der Waals surface area contributed by atoms with Crippen LogP contribution in [0.15, 0.2) is 16.1 Å². The minimum Gasteiger partial charge on any atom is -0.359 e. The summed E-state index contributed by atoms with van der Waals surface area (Å²) in [6.07, 6.45) is 4.99. The average Bonchev–Trinajstić information content (AvgIpc) is 3.24. The maximum absolute atomic E-state index is 12.7. The van der Waals surface area contributed by atoms with Gasteiger partial charge in [0.2, 0.25) is 0 Å². The molecule has 2 aromatic rings. The zero-order valence-corrected chi connectivity index (χ0v) is 14.5. The SMILES string of the molecule is Cc1noc(C2CC2)c1NC(=O)N1CCCN(c2nccs2)CC1. The molecule has 0 bridgehead atoms. The lowest BCUT2D eigenvalue weighted by Crippen LogP contribution is -2.38. The molecule has 1 saturated carbocycles. The van der Waals surface area contributed by atoms with Gasteiger partial charge in [0.1, 0.15) is 11.4 Å². The van der Waals surface area contributed by atoms with E-state index >= 15 is 0 Å². The van der Waals surface area contributed by atoms with E-state index in [-0.39, 0.29) is 6.03 Å². The molecule has 2 fully saturated rings. The van der Waals surface area contributed by atoms with Crippen LogP contribution in [-0.2, 0) is 0 Å². The summed E-state index contributed by atoms with van der Waals surface area (Å²) in [7, 11) is 0. The second kappa shape index (κ2) is 6.43. The van der Waals surface area contributed by atoms with E-state index in [4.69, 9.17) is 4.52 Å². The van der Waals surface area contributed by atoms with Crippen LogP contribution >= 0.6 is 11.3 Å². The van der Waals surface area contributed by atoms with Crippen LogP contribution in [0, 0.1) is 6.92 Å². The van der Waals surface area contributed by atoms with E-state index in [0.717, 1.165) is 61.2 Å². The highest BCUT2D eigenvalue weighted by Crippen LogP contribution is 2.44. The number of amides is 2. The van der Waals surface area contributed by atoms with E-state index in [1.54, 1.807) is 11.3 Å². The van der Waals surface area contributed by atoms with Gasteiger partial charge >= 0.3 is 6.03 Å². The molecule has 0 radical (unpaired) electrons. The Morgan fingerprint density at radius 2 is 2.21 bits per heavy atom. The number of hydrogen-bond donors (Lipinski definition) is 1. The van der Waals surface area contributed by atoms with Crippen LogP contribution in [0.1, 0.15) is 36.6 Å². The standard InChI is InChI=1S/C16H21N5O2S/c1-11-13(14(23-19-11)12-3-4-12)18-15(22)20-6-2-7-21(9-8-20)16-17-5-10-24-16/h5,10,12H,2-4,6-9H2,1H3,(H,18,22). The summed E-state index contributed by atoms with van der Waals surface area (Å²) in [4.78, 5) is 21.2. The molecule has 8 heteroatoms. The minimum absolute atomic E-state index is 0.0656.